The van der Waals surface area contributed by atoms with E-state index in [1.54, 1.807) is 7.11 Å². The molecule has 0 saturated carbocycles. The molecule has 0 aliphatic carbocycles. The minimum absolute atomic E-state index is 0.0238. The number of anilines is 1. The van der Waals surface area contributed by atoms with Crippen molar-refractivity contribution in [3.63, 3.8) is 0 Å². The van der Waals surface area contributed by atoms with Crippen molar-refractivity contribution in [3.8, 4) is 5.75 Å². The number of rotatable bonds is 4. The van der Waals surface area contributed by atoms with E-state index in [2.05, 4.69) is 0 Å². The van der Waals surface area contributed by atoms with Gasteiger partial charge in [0.25, 0.3) is 0 Å². The molecule has 0 amide bonds. The van der Waals surface area contributed by atoms with Crippen molar-refractivity contribution in [2.45, 2.75) is 18.6 Å². The maximum atomic E-state index is 9.41. The first-order valence-corrected chi connectivity index (χ1v) is 7.07. The first-order valence-electron chi connectivity index (χ1n) is 7.07. The van der Waals surface area contributed by atoms with Gasteiger partial charge in [-0.05, 0) is 29.8 Å². The third-order valence-electron chi connectivity index (χ3n) is 3.75. The van der Waals surface area contributed by atoms with Crippen molar-refractivity contribution in [2.24, 2.45) is 0 Å². The normalized spacial score (nSPS) is 21.5. The van der Waals surface area contributed by atoms with Crippen LogP contribution >= 0.6 is 0 Å². The van der Waals surface area contributed by atoms with Gasteiger partial charge in [-0.3, -0.25) is 4.84 Å². The summed E-state index contributed by atoms with van der Waals surface area (Å²) in [5, 5.41) is 11.3. The molecule has 2 atom stereocenters. The summed E-state index contributed by atoms with van der Waals surface area (Å²) in [4.78, 5) is 5.87. The molecule has 3 rings (SSSR count). The van der Waals surface area contributed by atoms with Crippen molar-refractivity contribution in [2.75, 3.05) is 18.8 Å². The molecule has 4 nitrogen and oxygen atoms in total. The van der Waals surface area contributed by atoms with E-state index < -0.39 is 0 Å². The van der Waals surface area contributed by atoms with E-state index in [-0.39, 0.29) is 18.8 Å². The largest absolute Gasteiger partial charge is 0.497 e. The molecule has 2 unspecified atom stereocenters. The van der Waals surface area contributed by atoms with Crippen LogP contribution in [0, 0.1) is 0 Å². The molecule has 1 N–H and O–H groups in total. The maximum absolute atomic E-state index is 9.41. The van der Waals surface area contributed by atoms with Crippen LogP contribution in [0.15, 0.2) is 54.6 Å². The Balaban J connectivity index is 1.89. The summed E-state index contributed by atoms with van der Waals surface area (Å²) >= 11 is 0. The highest BCUT2D eigenvalue weighted by Gasteiger charge is 2.34. The van der Waals surface area contributed by atoms with Crippen LogP contribution in [0.4, 0.5) is 5.69 Å². The Hall–Kier alpha value is -2.04. The minimum atomic E-state index is -0.169. The van der Waals surface area contributed by atoms with E-state index in [0.29, 0.717) is 0 Å². The molecule has 0 radical (unpaired) electrons. The summed E-state index contributed by atoms with van der Waals surface area (Å²) in [5.41, 5.74) is 2.14. The van der Waals surface area contributed by atoms with Crippen LogP contribution in [0.1, 0.15) is 18.0 Å². The molecule has 1 fully saturated rings. The van der Waals surface area contributed by atoms with E-state index in [4.69, 9.17) is 9.57 Å². The molecule has 21 heavy (non-hydrogen) atoms. The molecule has 4 heteroatoms. The quantitative estimate of drug-likeness (QED) is 0.938. The Bertz CT molecular complexity index is 570. The van der Waals surface area contributed by atoms with Gasteiger partial charge in [-0.15, -0.1) is 0 Å². The van der Waals surface area contributed by atoms with Crippen LogP contribution in [0.3, 0.4) is 0 Å². The van der Waals surface area contributed by atoms with Gasteiger partial charge in [0.05, 0.1) is 25.4 Å². The standard InChI is InChI=1S/C17H19NO3/c1-20-15-9-7-13(8-10-15)17-11-16(12-19)21-18(17)14-5-3-2-4-6-14/h2-10,16-17,19H,11-12H2,1H3. The number of hydroxylamine groups is 1. The Labute approximate surface area is 124 Å². The molecule has 2 aromatic rings. The number of aliphatic hydroxyl groups is 1. The summed E-state index contributed by atoms with van der Waals surface area (Å²) in [7, 11) is 1.66. The van der Waals surface area contributed by atoms with Crippen LogP contribution in [0.25, 0.3) is 0 Å². The lowest BCUT2D eigenvalue weighted by Crippen LogP contribution is -2.22. The molecule has 1 heterocycles. The monoisotopic (exact) mass is 285 g/mol. The summed E-state index contributed by atoms with van der Waals surface area (Å²) in [6, 6.07) is 18.0. The summed E-state index contributed by atoms with van der Waals surface area (Å²) < 4.78 is 5.20. The van der Waals surface area contributed by atoms with Crippen molar-refractivity contribution < 1.29 is 14.7 Å². The van der Waals surface area contributed by atoms with Crippen molar-refractivity contribution >= 4 is 5.69 Å². The van der Waals surface area contributed by atoms with E-state index in [1.165, 1.54) is 0 Å². The molecule has 1 aliphatic heterocycles. The van der Waals surface area contributed by atoms with Gasteiger partial charge < -0.3 is 9.84 Å². The molecule has 110 valence electrons. The predicted octanol–water partition coefficient (Wildman–Crippen LogP) is 2.94. The van der Waals surface area contributed by atoms with Crippen LogP contribution < -0.4 is 9.80 Å². The van der Waals surface area contributed by atoms with Gasteiger partial charge in [0.15, 0.2) is 0 Å². The Morgan fingerprint density at radius 3 is 2.48 bits per heavy atom. The fraction of sp³-hybridized carbons (Fsp3) is 0.294. The third kappa shape index (κ3) is 2.86. The lowest BCUT2D eigenvalue weighted by molar-refractivity contribution is 0.0406. The fourth-order valence-electron chi connectivity index (χ4n) is 2.64. The number of methoxy groups -OCH3 is 1. The average Bonchev–Trinajstić information content (AvgIpc) is 3.00. The predicted molar refractivity (Wildman–Crippen MR) is 81.2 cm³/mol. The zero-order valence-electron chi connectivity index (χ0n) is 12.0. The van der Waals surface area contributed by atoms with Crippen LogP contribution in [0.5, 0.6) is 5.75 Å². The van der Waals surface area contributed by atoms with Crippen LogP contribution in [-0.4, -0.2) is 24.9 Å². The summed E-state index contributed by atoms with van der Waals surface area (Å²) in [5.74, 6) is 0.836. The smallest absolute Gasteiger partial charge is 0.118 e. The van der Waals surface area contributed by atoms with Crippen LogP contribution in [-0.2, 0) is 4.84 Å². The SMILES string of the molecule is COc1ccc(C2CC(CO)ON2c2ccccc2)cc1. The van der Waals surface area contributed by atoms with Crippen molar-refractivity contribution in [1.29, 1.82) is 0 Å². The number of para-hydroxylation sites is 1. The molecule has 2 aromatic carbocycles. The molecule has 1 saturated heterocycles. The van der Waals surface area contributed by atoms with Crippen LogP contribution in [0.2, 0.25) is 0 Å². The van der Waals surface area contributed by atoms with Gasteiger partial charge in [0.1, 0.15) is 11.9 Å². The van der Waals surface area contributed by atoms with E-state index in [9.17, 15) is 5.11 Å². The van der Waals surface area contributed by atoms with Crippen molar-refractivity contribution in [3.05, 3.63) is 60.2 Å². The number of ether oxygens (including phenoxy) is 1. The topological polar surface area (TPSA) is 41.9 Å². The molecule has 0 aromatic heterocycles. The molecular formula is C17H19NO3. The third-order valence-corrected chi connectivity index (χ3v) is 3.75. The average molecular weight is 285 g/mol. The lowest BCUT2D eigenvalue weighted by atomic mass is 10.0. The fourth-order valence-corrected chi connectivity index (χ4v) is 2.64. The highest BCUT2D eigenvalue weighted by atomic mass is 16.7. The minimum Gasteiger partial charge on any atom is -0.497 e. The zero-order valence-corrected chi connectivity index (χ0v) is 12.0. The Kier molecular flexibility index (Phi) is 4.08. The van der Waals surface area contributed by atoms with Gasteiger partial charge in [0.2, 0.25) is 0 Å². The highest BCUT2D eigenvalue weighted by molar-refractivity contribution is 5.47. The first kappa shape index (κ1) is 13.9. The van der Waals surface area contributed by atoms with Gasteiger partial charge in [-0.2, -0.15) is 0 Å². The van der Waals surface area contributed by atoms with Crippen molar-refractivity contribution in [1.82, 2.24) is 0 Å². The van der Waals surface area contributed by atoms with Gasteiger partial charge in [-0.1, -0.05) is 30.3 Å². The van der Waals surface area contributed by atoms with E-state index in [1.807, 2.05) is 59.7 Å². The summed E-state index contributed by atoms with van der Waals surface area (Å²) in [6.45, 7) is 0.0238. The Morgan fingerprint density at radius 2 is 1.86 bits per heavy atom. The number of hydrogen-bond donors (Lipinski definition) is 1. The molecule has 0 bridgehead atoms. The molecule has 1 aliphatic rings. The van der Waals surface area contributed by atoms with Gasteiger partial charge in [0, 0.05) is 6.42 Å². The second-order valence-electron chi connectivity index (χ2n) is 5.10. The van der Waals surface area contributed by atoms with E-state index >= 15 is 0 Å². The maximum Gasteiger partial charge on any atom is 0.118 e. The second-order valence-corrected chi connectivity index (χ2v) is 5.10. The molecular weight excluding hydrogens is 266 g/mol. The summed E-state index contributed by atoms with van der Waals surface area (Å²) in [6.07, 6.45) is 0.592. The lowest BCUT2D eigenvalue weighted by Gasteiger charge is -2.25. The number of hydrogen-bond acceptors (Lipinski definition) is 4. The van der Waals surface area contributed by atoms with E-state index in [0.717, 1.165) is 23.4 Å². The molecule has 0 spiro atoms. The first-order chi connectivity index (χ1) is 10.3. The second kappa shape index (κ2) is 6.16. The number of aliphatic hydroxyl groups excluding tert-OH is 1. The Morgan fingerprint density at radius 1 is 1.14 bits per heavy atom. The number of nitrogens with zero attached hydrogens (tertiary/aromatic N) is 1. The zero-order chi connectivity index (χ0) is 14.7. The highest BCUT2D eigenvalue weighted by Crippen LogP contribution is 2.38. The van der Waals surface area contributed by atoms with Gasteiger partial charge in [-0.25, -0.2) is 5.06 Å². The number of benzene rings is 2. The van der Waals surface area contributed by atoms with Gasteiger partial charge >= 0.3 is 0 Å².